The molecule has 3 N–H and O–H groups in total. The van der Waals surface area contributed by atoms with Crippen LogP contribution < -0.4 is 21.0 Å². The molecule has 1 aliphatic carbocycles. The van der Waals surface area contributed by atoms with Crippen molar-refractivity contribution in [2.24, 2.45) is 17.3 Å². The lowest BCUT2D eigenvalue weighted by Crippen LogP contribution is -2.62. The number of fused-ring (bicyclic) bond motifs is 7. The van der Waals surface area contributed by atoms with E-state index in [1.165, 1.54) is 17.9 Å². The van der Waals surface area contributed by atoms with E-state index in [1.54, 1.807) is 30.4 Å². The van der Waals surface area contributed by atoms with Crippen LogP contribution in [0.3, 0.4) is 0 Å². The number of carbonyl (C=O) groups excluding carboxylic acids is 4. The summed E-state index contributed by atoms with van der Waals surface area (Å²) in [5.74, 6) is -1.94. The summed E-state index contributed by atoms with van der Waals surface area (Å²) < 4.78 is 14.7. The molecular weight excluding hydrogens is 917 g/mol. The Kier molecular flexibility index (Phi) is 13.9. The number of thiazole rings is 1. The van der Waals surface area contributed by atoms with Crippen molar-refractivity contribution >= 4 is 57.7 Å². The molecule has 0 unspecified atom stereocenters. The van der Waals surface area contributed by atoms with Crippen LogP contribution in [0.4, 0.5) is 5.69 Å². The van der Waals surface area contributed by atoms with Crippen LogP contribution in [0.1, 0.15) is 102 Å². The quantitative estimate of drug-likeness (QED) is 0.186. The van der Waals surface area contributed by atoms with Gasteiger partial charge in [0.25, 0.3) is 5.91 Å². The van der Waals surface area contributed by atoms with Gasteiger partial charge in [0.2, 0.25) is 11.8 Å². The second-order valence-corrected chi connectivity index (χ2v) is 22.8. The van der Waals surface area contributed by atoms with E-state index in [0.717, 1.165) is 86.8 Å². The lowest BCUT2D eigenvalue weighted by atomic mass is 9.84. The SMILES string of the molecule is CCn1c(-c2cc(N3CCN(C4CC4)CC3)cnc2[C@H](C)OC)c2c3cc(ccc31)-c1nc3c(s1)/C=C/[C@H]1NCC[C@@H]1C(=O)N(C)[C@@H](C(C)C)C(=O)N[C@@H](C3)C(=O)N1CCC[C@H](N1)C(=O)OCC(C)(C)C2. The summed E-state index contributed by atoms with van der Waals surface area (Å²) in [7, 11) is 3.42. The predicted octanol–water partition coefficient (Wildman–Crippen LogP) is 5.97. The molecule has 380 valence electrons. The molecular formula is C54H72N10O6S. The molecule has 4 aromatic rings. The Balaban J connectivity index is 1.14. The monoisotopic (exact) mass is 989 g/mol. The Morgan fingerprint density at radius 1 is 0.972 bits per heavy atom. The van der Waals surface area contributed by atoms with Gasteiger partial charge in [-0.2, -0.15) is 0 Å². The minimum atomic E-state index is -1.06. The van der Waals surface area contributed by atoms with Crippen LogP contribution in [-0.2, 0) is 48.0 Å². The number of esters is 1. The summed E-state index contributed by atoms with van der Waals surface area (Å²) in [5.41, 5.74) is 10.5. The summed E-state index contributed by atoms with van der Waals surface area (Å²) in [6.07, 6.45) is 10.8. The summed E-state index contributed by atoms with van der Waals surface area (Å²) in [6, 6.07) is 6.72. The van der Waals surface area contributed by atoms with Crippen LogP contribution in [0.15, 0.2) is 36.5 Å². The topological polar surface area (TPSA) is 166 Å². The molecule has 71 heavy (non-hydrogen) atoms. The molecule has 6 aliphatic rings. The number of likely N-dealkylation sites (N-methyl/N-ethyl adjacent to an activating group) is 1. The summed E-state index contributed by atoms with van der Waals surface area (Å²) in [5, 5.41) is 9.96. The molecule has 3 aromatic heterocycles. The first kappa shape index (κ1) is 49.4. The van der Waals surface area contributed by atoms with E-state index in [1.807, 2.05) is 26.1 Å². The van der Waals surface area contributed by atoms with Crippen molar-refractivity contribution in [3.8, 4) is 21.8 Å². The number of hydrogen-bond donors (Lipinski definition) is 3. The van der Waals surface area contributed by atoms with E-state index in [0.29, 0.717) is 51.0 Å². The van der Waals surface area contributed by atoms with Crippen molar-refractivity contribution in [3.05, 3.63) is 58.4 Å². The standard InChI is InChI=1S/C54H72N10O6S/c1-9-63-44-16-12-33-25-37(44)39(48(63)38-26-35(29-56-46(38)32(4)69-8)62-23-21-61(22-24-62)34-13-14-34)28-54(5,6)30-70-53(68)41-11-10-20-64(59-41)52(67)43-27-42-45(71-50(33)58-42)17-15-40-36(18-19-55-40)51(66)60(7)47(31(2)3)49(65)57-43/h12,15-17,25-26,29,31-32,34,36,40-41,43,47,55,59H,9-11,13-14,18-24,27-28,30H2,1-8H3,(H,57,65)/b17-15+/t32-,36-,40+,41-,43-,47-/m0/s1. The van der Waals surface area contributed by atoms with E-state index in [-0.39, 0.29) is 48.8 Å². The highest BCUT2D eigenvalue weighted by atomic mass is 32.1. The molecule has 17 heteroatoms. The molecule has 5 aliphatic heterocycles. The summed E-state index contributed by atoms with van der Waals surface area (Å²) >= 11 is 1.54. The fraction of sp³-hybridized carbons (Fsp3) is 0.593. The van der Waals surface area contributed by atoms with E-state index in [4.69, 9.17) is 19.4 Å². The number of anilines is 1. The van der Waals surface area contributed by atoms with Crippen LogP contribution >= 0.6 is 11.3 Å². The van der Waals surface area contributed by atoms with Gasteiger partial charge in [-0.15, -0.1) is 11.3 Å². The largest absolute Gasteiger partial charge is 0.464 e. The number of aryl methyl sites for hydroxylation is 1. The fourth-order valence-corrected chi connectivity index (χ4v) is 12.8. The zero-order valence-electron chi connectivity index (χ0n) is 42.8. The van der Waals surface area contributed by atoms with E-state index < -0.39 is 35.4 Å². The van der Waals surface area contributed by atoms with E-state index >= 15 is 0 Å². The Labute approximate surface area is 421 Å². The summed E-state index contributed by atoms with van der Waals surface area (Å²) in [4.78, 5) is 75.9. The third-order valence-corrected chi connectivity index (χ3v) is 16.9. The second kappa shape index (κ2) is 20.0. The number of ether oxygens (including phenoxy) is 2. The zero-order chi connectivity index (χ0) is 49.9. The van der Waals surface area contributed by atoms with Gasteiger partial charge in [0.05, 0.1) is 52.5 Å². The van der Waals surface area contributed by atoms with Gasteiger partial charge in [0, 0.05) is 99.4 Å². The Morgan fingerprint density at radius 2 is 1.76 bits per heavy atom. The number of cyclic esters (lactones) is 1. The molecule has 10 rings (SSSR count). The highest BCUT2D eigenvalue weighted by Gasteiger charge is 2.42. The van der Waals surface area contributed by atoms with Crippen LogP contribution in [0.5, 0.6) is 0 Å². The number of hydrogen-bond acceptors (Lipinski definition) is 13. The van der Waals surface area contributed by atoms with Gasteiger partial charge in [-0.05, 0) is 101 Å². The number of hydrazine groups is 1. The smallest absolute Gasteiger partial charge is 0.324 e. The minimum Gasteiger partial charge on any atom is -0.464 e. The number of methoxy groups -OCH3 is 1. The predicted molar refractivity (Wildman–Crippen MR) is 276 cm³/mol. The van der Waals surface area contributed by atoms with Crippen molar-refractivity contribution in [2.75, 3.05) is 64.9 Å². The Morgan fingerprint density at radius 3 is 2.49 bits per heavy atom. The minimum absolute atomic E-state index is 0.0928. The number of piperazine rings is 1. The number of benzene rings is 1. The molecule has 0 radical (unpaired) electrons. The Hall–Kier alpha value is -5.20. The highest BCUT2D eigenvalue weighted by Crippen LogP contribution is 2.44. The van der Waals surface area contributed by atoms with Gasteiger partial charge in [0.1, 0.15) is 23.1 Å². The molecule has 3 amide bonds. The molecule has 1 saturated carbocycles. The average molecular weight is 989 g/mol. The first-order valence-electron chi connectivity index (χ1n) is 26.0. The molecule has 1 aromatic carbocycles. The average Bonchev–Trinajstić information content (AvgIpc) is 3.86. The second-order valence-electron chi connectivity index (χ2n) is 21.8. The third-order valence-electron chi connectivity index (χ3n) is 15.8. The van der Waals surface area contributed by atoms with Crippen LogP contribution in [0, 0.1) is 17.3 Å². The molecule has 3 saturated heterocycles. The lowest BCUT2D eigenvalue weighted by molar-refractivity contribution is -0.155. The maximum Gasteiger partial charge on any atom is 0.324 e. The van der Waals surface area contributed by atoms with Gasteiger partial charge in [0.15, 0.2) is 0 Å². The van der Waals surface area contributed by atoms with Gasteiger partial charge in [-0.3, -0.25) is 34.1 Å². The van der Waals surface area contributed by atoms with Crippen molar-refractivity contribution in [3.63, 3.8) is 0 Å². The maximum atomic E-state index is 14.9. The lowest BCUT2D eigenvalue weighted by Gasteiger charge is -2.37. The number of amides is 3. The van der Waals surface area contributed by atoms with Crippen LogP contribution in [0.25, 0.3) is 38.8 Å². The number of carbonyl (C=O) groups is 4. The summed E-state index contributed by atoms with van der Waals surface area (Å²) in [6.45, 7) is 18.2. The number of pyridine rings is 1. The van der Waals surface area contributed by atoms with Crippen molar-refractivity contribution in [1.29, 1.82) is 0 Å². The van der Waals surface area contributed by atoms with Gasteiger partial charge < -0.3 is 34.5 Å². The fourth-order valence-electron chi connectivity index (χ4n) is 11.8. The normalized spacial score (nSPS) is 26.7. The van der Waals surface area contributed by atoms with Crippen molar-refractivity contribution in [2.45, 2.75) is 129 Å². The number of aromatic nitrogens is 3. The molecule has 8 heterocycles. The number of nitrogens with zero attached hydrogens (tertiary/aromatic N) is 7. The molecule has 6 atom stereocenters. The first-order chi connectivity index (χ1) is 34.1. The number of nitrogens with one attached hydrogen (secondary N) is 3. The molecule has 4 fully saturated rings. The van der Waals surface area contributed by atoms with Crippen molar-refractivity contribution < 1.29 is 28.7 Å². The van der Waals surface area contributed by atoms with Gasteiger partial charge in [-0.1, -0.05) is 33.8 Å². The number of rotatable bonds is 7. The maximum absolute atomic E-state index is 14.9. The highest BCUT2D eigenvalue weighted by molar-refractivity contribution is 7.16. The van der Waals surface area contributed by atoms with E-state index in [2.05, 4.69) is 88.5 Å². The van der Waals surface area contributed by atoms with Gasteiger partial charge in [-0.25, -0.2) is 10.4 Å². The first-order valence-corrected chi connectivity index (χ1v) is 26.8. The van der Waals surface area contributed by atoms with Crippen LogP contribution in [0.2, 0.25) is 0 Å². The molecule has 16 nitrogen and oxygen atoms in total. The zero-order valence-corrected chi connectivity index (χ0v) is 43.6. The molecule has 7 bridgehead atoms. The van der Waals surface area contributed by atoms with E-state index in [9.17, 15) is 19.2 Å². The molecule has 0 spiro atoms. The van der Waals surface area contributed by atoms with Crippen molar-refractivity contribution in [1.82, 2.24) is 45.4 Å². The Bertz CT molecular complexity index is 2720. The third kappa shape index (κ3) is 9.76. The van der Waals surface area contributed by atoms with Gasteiger partial charge >= 0.3 is 5.97 Å². The van der Waals surface area contributed by atoms with Crippen LogP contribution in [-0.4, -0.2) is 143 Å².